The normalized spacial score (nSPS) is 15.3. The van der Waals surface area contributed by atoms with Gasteiger partial charge in [-0.1, -0.05) is 12.1 Å². The van der Waals surface area contributed by atoms with Gasteiger partial charge in [0.2, 0.25) is 0 Å². The highest BCUT2D eigenvalue weighted by Crippen LogP contribution is 2.20. The molecule has 3 heteroatoms. The number of rotatable bonds is 3. The Hall–Kier alpha value is -1.06. The monoisotopic (exact) mass is 181 g/mol. The molecule has 0 heterocycles. The number of aliphatic hydroxyl groups is 1. The van der Waals surface area contributed by atoms with Gasteiger partial charge in [0.25, 0.3) is 0 Å². The van der Waals surface area contributed by atoms with E-state index >= 15 is 0 Å². The second-order valence-corrected chi connectivity index (χ2v) is 3.12. The van der Waals surface area contributed by atoms with Gasteiger partial charge < -0.3 is 15.5 Å². The van der Waals surface area contributed by atoms with Crippen molar-refractivity contribution >= 4 is 0 Å². The molecule has 0 saturated heterocycles. The van der Waals surface area contributed by atoms with Crippen LogP contribution in [0.2, 0.25) is 0 Å². The minimum absolute atomic E-state index is 0.0261. The SMILES string of the molecule is CN[C@@H](C)[C@H](O)c1cccc(O)c1. The largest absolute Gasteiger partial charge is 0.508 e. The van der Waals surface area contributed by atoms with Crippen LogP contribution in [-0.4, -0.2) is 23.3 Å². The summed E-state index contributed by atoms with van der Waals surface area (Å²) in [5.41, 5.74) is 0.724. The maximum absolute atomic E-state index is 9.74. The van der Waals surface area contributed by atoms with Crippen molar-refractivity contribution in [1.82, 2.24) is 5.32 Å². The van der Waals surface area contributed by atoms with Gasteiger partial charge in [0.05, 0.1) is 6.10 Å². The minimum atomic E-state index is -0.586. The number of likely N-dealkylation sites (N-methyl/N-ethyl adjacent to an activating group) is 1. The summed E-state index contributed by atoms with van der Waals surface area (Å²) in [4.78, 5) is 0. The van der Waals surface area contributed by atoms with E-state index in [1.54, 1.807) is 31.3 Å². The zero-order valence-corrected chi connectivity index (χ0v) is 7.86. The summed E-state index contributed by atoms with van der Waals surface area (Å²) in [5.74, 6) is 0.180. The Morgan fingerprint density at radius 3 is 2.62 bits per heavy atom. The van der Waals surface area contributed by atoms with Crippen molar-refractivity contribution in [1.29, 1.82) is 0 Å². The van der Waals surface area contributed by atoms with E-state index in [0.29, 0.717) is 0 Å². The Balaban J connectivity index is 2.82. The van der Waals surface area contributed by atoms with Crippen LogP contribution in [0.25, 0.3) is 0 Å². The number of aromatic hydroxyl groups is 1. The molecule has 3 N–H and O–H groups in total. The van der Waals surface area contributed by atoms with Crippen molar-refractivity contribution in [2.24, 2.45) is 0 Å². The average molecular weight is 181 g/mol. The van der Waals surface area contributed by atoms with Crippen molar-refractivity contribution in [3.63, 3.8) is 0 Å². The first-order chi connectivity index (χ1) is 6.15. The third-order valence-electron chi connectivity index (χ3n) is 2.14. The molecule has 0 spiro atoms. The standard InChI is InChI=1S/C10H15NO2/c1-7(11-2)10(13)8-4-3-5-9(12)6-8/h3-7,10-13H,1-2H3/t7-,10-/m0/s1. The highest BCUT2D eigenvalue weighted by molar-refractivity contribution is 5.29. The predicted octanol–water partition coefficient (Wildman–Crippen LogP) is 1.03. The zero-order valence-electron chi connectivity index (χ0n) is 7.86. The number of aliphatic hydroxyl groups excluding tert-OH is 1. The van der Waals surface area contributed by atoms with E-state index in [2.05, 4.69) is 5.32 Å². The summed E-state index contributed by atoms with van der Waals surface area (Å²) in [6, 6.07) is 6.63. The van der Waals surface area contributed by atoms with Crippen molar-refractivity contribution in [2.75, 3.05) is 7.05 Å². The molecule has 1 rings (SSSR count). The van der Waals surface area contributed by atoms with Crippen LogP contribution in [0.15, 0.2) is 24.3 Å². The lowest BCUT2D eigenvalue weighted by Gasteiger charge is -2.18. The smallest absolute Gasteiger partial charge is 0.115 e. The first-order valence-electron chi connectivity index (χ1n) is 4.29. The number of phenolic OH excluding ortho intramolecular Hbond substituents is 1. The molecule has 0 aromatic heterocycles. The van der Waals surface area contributed by atoms with Crippen LogP contribution in [-0.2, 0) is 0 Å². The van der Waals surface area contributed by atoms with Gasteiger partial charge in [-0.25, -0.2) is 0 Å². The van der Waals surface area contributed by atoms with Crippen LogP contribution in [0.5, 0.6) is 5.75 Å². The Labute approximate surface area is 78.0 Å². The van der Waals surface area contributed by atoms with Crippen molar-refractivity contribution in [3.8, 4) is 5.75 Å². The molecule has 0 aliphatic rings. The number of benzene rings is 1. The van der Waals surface area contributed by atoms with Gasteiger partial charge in [-0.05, 0) is 31.7 Å². The fourth-order valence-corrected chi connectivity index (χ4v) is 1.16. The summed E-state index contributed by atoms with van der Waals surface area (Å²) < 4.78 is 0. The predicted molar refractivity (Wildman–Crippen MR) is 51.6 cm³/mol. The molecule has 1 aromatic rings. The number of hydrogen-bond acceptors (Lipinski definition) is 3. The average Bonchev–Trinajstić information content (AvgIpc) is 2.15. The highest BCUT2D eigenvalue weighted by atomic mass is 16.3. The molecule has 0 fully saturated rings. The van der Waals surface area contributed by atoms with E-state index in [9.17, 15) is 10.2 Å². The Kier molecular flexibility index (Phi) is 3.28. The lowest BCUT2D eigenvalue weighted by Crippen LogP contribution is -2.28. The van der Waals surface area contributed by atoms with Gasteiger partial charge in [0.1, 0.15) is 5.75 Å². The van der Waals surface area contributed by atoms with Crippen molar-refractivity contribution in [2.45, 2.75) is 19.1 Å². The van der Waals surface area contributed by atoms with Crippen LogP contribution in [0.3, 0.4) is 0 Å². The number of hydrogen-bond donors (Lipinski definition) is 3. The molecular weight excluding hydrogens is 166 g/mol. The summed E-state index contributed by atoms with van der Waals surface area (Å²) in [7, 11) is 1.79. The van der Waals surface area contributed by atoms with Crippen molar-refractivity contribution in [3.05, 3.63) is 29.8 Å². The topological polar surface area (TPSA) is 52.5 Å². The lowest BCUT2D eigenvalue weighted by molar-refractivity contribution is 0.140. The summed E-state index contributed by atoms with van der Waals surface area (Å²) in [6.45, 7) is 1.88. The van der Waals surface area contributed by atoms with Crippen LogP contribution in [0, 0.1) is 0 Å². The minimum Gasteiger partial charge on any atom is -0.508 e. The third kappa shape index (κ3) is 2.44. The molecular formula is C10H15NO2. The molecule has 0 bridgehead atoms. The second-order valence-electron chi connectivity index (χ2n) is 3.12. The molecule has 0 amide bonds. The van der Waals surface area contributed by atoms with Crippen LogP contribution < -0.4 is 5.32 Å². The molecule has 3 nitrogen and oxygen atoms in total. The number of nitrogens with one attached hydrogen (secondary N) is 1. The van der Waals surface area contributed by atoms with E-state index < -0.39 is 6.10 Å². The van der Waals surface area contributed by atoms with Crippen LogP contribution in [0.1, 0.15) is 18.6 Å². The fraction of sp³-hybridized carbons (Fsp3) is 0.400. The first-order valence-corrected chi connectivity index (χ1v) is 4.29. The van der Waals surface area contributed by atoms with E-state index in [1.165, 1.54) is 0 Å². The van der Waals surface area contributed by atoms with E-state index in [1.807, 2.05) is 6.92 Å². The zero-order chi connectivity index (χ0) is 9.84. The third-order valence-corrected chi connectivity index (χ3v) is 2.14. The van der Waals surface area contributed by atoms with Gasteiger partial charge in [0, 0.05) is 6.04 Å². The van der Waals surface area contributed by atoms with E-state index in [4.69, 9.17) is 0 Å². The summed E-state index contributed by atoms with van der Waals surface area (Å²) in [6.07, 6.45) is -0.586. The van der Waals surface area contributed by atoms with Gasteiger partial charge in [-0.15, -0.1) is 0 Å². The molecule has 72 valence electrons. The molecule has 1 aromatic carbocycles. The van der Waals surface area contributed by atoms with Gasteiger partial charge in [-0.2, -0.15) is 0 Å². The molecule has 2 atom stereocenters. The summed E-state index contributed by atoms with van der Waals surface area (Å²) >= 11 is 0. The molecule has 0 saturated carbocycles. The highest BCUT2D eigenvalue weighted by Gasteiger charge is 2.14. The van der Waals surface area contributed by atoms with E-state index in [0.717, 1.165) is 5.56 Å². The lowest BCUT2D eigenvalue weighted by atomic mass is 10.0. The molecule has 0 unspecified atom stereocenters. The van der Waals surface area contributed by atoms with Crippen molar-refractivity contribution < 1.29 is 10.2 Å². The fourth-order valence-electron chi connectivity index (χ4n) is 1.16. The molecule has 0 radical (unpaired) electrons. The maximum atomic E-state index is 9.74. The second kappa shape index (κ2) is 4.25. The quantitative estimate of drug-likeness (QED) is 0.653. The molecule has 0 aliphatic carbocycles. The summed E-state index contributed by atoms with van der Waals surface area (Å²) in [5, 5.41) is 21.9. The Morgan fingerprint density at radius 2 is 2.08 bits per heavy atom. The Morgan fingerprint density at radius 1 is 1.38 bits per heavy atom. The maximum Gasteiger partial charge on any atom is 0.115 e. The van der Waals surface area contributed by atoms with Gasteiger partial charge in [0.15, 0.2) is 0 Å². The van der Waals surface area contributed by atoms with Gasteiger partial charge >= 0.3 is 0 Å². The van der Waals surface area contributed by atoms with Gasteiger partial charge in [-0.3, -0.25) is 0 Å². The van der Waals surface area contributed by atoms with Crippen LogP contribution >= 0.6 is 0 Å². The first kappa shape index (κ1) is 10.0. The van der Waals surface area contributed by atoms with E-state index in [-0.39, 0.29) is 11.8 Å². The molecule has 0 aliphatic heterocycles. The number of phenols is 1. The van der Waals surface area contributed by atoms with Crippen LogP contribution in [0.4, 0.5) is 0 Å². The Bertz CT molecular complexity index is 275. The molecule has 13 heavy (non-hydrogen) atoms.